The number of methoxy groups -OCH3 is 1. The number of carbonyl (C=O) groups excluding carboxylic acids is 1. The van der Waals surface area contributed by atoms with E-state index in [1.807, 2.05) is 0 Å². The van der Waals surface area contributed by atoms with E-state index in [9.17, 15) is 9.18 Å². The highest BCUT2D eigenvalue weighted by molar-refractivity contribution is 9.13. The number of rotatable bonds is 3. The van der Waals surface area contributed by atoms with Crippen molar-refractivity contribution in [2.45, 2.75) is 0 Å². The van der Waals surface area contributed by atoms with Crippen LogP contribution in [0.1, 0.15) is 15.2 Å². The minimum atomic E-state index is -0.543. The van der Waals surface area contributed by atoms with Crippen LogP contribution in [0.2, 0.25) is 0 Å². The Morgan fingerprint density at radius 1 is 1.33 bits per heavy atom. The molecule has 0 fully saturated rings. The molecule has 0 aliphatic carbocycles. The van der Waals surface area contributed by atoms with Gasteiger partial charge in [0.25, 0.3) is 0 Å². The number of hydrogen-bond acceptors (Lipinski definition) is 3. The number of carbonyl (C=O) groups is 1. The molecule has 0 saturated heterocycles. The molecule has 0 bridgehead atoms. The molecule has 6 heteroatoms. The molecule has 0 amide bonds. The summed E-state index contributed by atoms with van der Waals surface area (Å²) in [6.45, 7) is 0. The molecule has 1 heterocycles. The second-order valence-corrected chi connectivity index (χ2v) is 6.64. The SMILES string of the molecule is COc1ccc(C(=O)c2cc(Br)c(Br)s2)cc1F. The fourth-order valence-electron chi connectivity index (χ4n) is 1.41. The van der Waals surface area contributed by atoms with Crippen molar-refractivity contribution < 1.29 is 13.9 Å². The number of ether oxygens (including phenoxy) is 1. The van der Waals surface area contributed by atoms with Crippen molar-refractivity contribution in [3.8, 4) is 5.75 Å². The molecular formula is C12H7Br2FO2S. The van der Waals surface area contributed by atoms with Crippen molar-refractivity contribution in [3.05, 3.63) is 48.8 Å². The molecule has 0 aliphatic rings. The normalized spacial score (nSPS) is 10.4. The second-order valence-electron chi connectivity index (χ2n) is 3.41. The third-order valence-corrected chi connectivity index (χ3v) is 5.54. The first kappa shape index (κ1) is 13.7. The first-order chi connectivity index (χ1) is 8.52. The number of ketones is 1. The van der Waals surface area contributed by atoms with Crippen molar-refractivity contribution in [1.82, 2.24) is 0 Å². The molecule has 0 aliphatic heterocycles. The van der Waals surface area contributed by atoms with Crippen molar-refractivity contribution in [2.75, 3.05) is 7.11 Å². The second kappa shape index (κ2) is 5.50. The zero-order valence-corrected chi connectivity index (χ0v) is 13.2. The highest BCUT2D eigenvalue weighted by Crippen LogP contribution is 2.33. The van der Waals surface area contributed by atoms with E-state index in [4.69, 9.17) is 4.74 Å². The van der Waals surface area contributed by atoms with Gasteiger partial charge in [-0.2, -0.15) is 0 Å². The Hall–Kier alpha value is -0.720. The number of benzene rings is 1. The van der Waals surface area contributed by atoms with Crippen LogP contribution in [-0.2, 0) is 0 Å². The van der Waals surface area contributed by atoms with E-state index in [1.54, 1.807) is 12.1 Å². The van der Waals surface area contributed by atoms with Crippen LogP contribution < -0.4 is 4.74 Å². The van der Waals surface area contributed by atoms with Crippen LogP contribution in [0, 0.1) is 5.82 Å². The van der Waals surface area contributed by atoms with Gasteiger partial charge >= 0.3 is 0 Å². The summed E-state index contributed by atoms with van der Waals surface area (Å²) in [7, 11) is 1.38. The van der Waals surface area contributed by atoms with Gasteiger partial charge in [-0.25, -0.2) is 4.39 Å². The lowest BCUT2D eigenvalue weighted by Gasteiger charge is -2.03. The zero-order chi connectivity index (χ0) is 13.3. The zero-order valence-electron chi connectivity index (χ0n) is 9.17. The van der Waals surface area contributed by atoms with Crippen molar-refractivity contribution in [2.24, 2.45) is 0 Å². The van der Waals surface area contributed by atoms with Gasteiger partial charge in [0.1, 0.15) is 0 Å². The van der Waals surface area contributed by atoms with Gasteiger partial charge < -0.3 is 4.74 Å². The van der Waals surface area contributed by atoms with E-state index in [1.165, 1.54) is 30.6 Å². The predicted octanol–water partition coefficient (Wildman–Crippen LogP) is 4.65. The first-order valence-corrected chi connectivity index (χ1v) is 7.26. The van der Waals surface area contributed by atoms with E-state index < -0.39 is 5.82 Å². The third-order valence-electron chi connectivity index (χ3n) is 2.28. The average Bonchev–Trinajstić information content (AvgIpc) is 2.68. The average molecular weight is 394 g/mol. The maximum atomic E-state index is 13.5. The maximum Gasteiger partial charge on any atom is 0.203 e. The Morgan fingerprint density at radius 2 is 2.06 bits per heavy atom. The molecule has 18 heavy (non-hydrogen) atoms. The highest BCUT2D eigenvalue weighted by atomic mass is 79.9. The lowest BCUT2D eigenvalue weighted by molar-refractivity contribution is 0.104. The topological polar surface area (TPSA) is 26.3 Å². The standard InChI is InChI=1S/C12H7Br2FO2S/c1-17-9-3-2-6(4-8(9)15)11(16)10-5-7(13)12(14)18-10/h2-5H,1H3. The van der Waals surface area contributed by atoms with E-state index in [-0.39, 0.29) is 11.5 Å². The van der Waals surface area contributed by atoms with Crippen molar-refractivity contribution in [1.29, 1.82) is 0 Å². The van der Waals surface area contributed by atoms with E-state index in [0.717, 1.165) is 8.26 Å². The Labute approximate surface area is 124 Å². The summed E-state index contributed by atoms with van der Waals surface area (Å²) in [5.41, 5.74) is 0.301. The molecule has 0 N–H and O–H groups in total. The summed E-state index contributed by atoms with van der Waals surface area (Å²) in [5.74, 6) is -0.633. The van der Waals surface area contributed by atoms with Crippen LogP contribution in [0.4, 0.5) is 4.39 Å². The molecule has 0 atom stereocenters. The predicted molar refractivity (Wildman–Crippen MR) is 76.1 cm³/mol. The molecule has 0 unspecified atom stereocenters. The van der Waals surface area contributed by atoms with Gasteiger partial charge in [0.15, 0.2) is 11.6 Å². The molecule has 1 aromatic carbocycles. The van der Waals surface area contributed by atoms with Gasteiger partial charge in [0.2, 0.25) is 5.78 Å². The largest absolute Gasteiger partial charge is 0.494 e. The Kier molecular flexibility index (Phi) is 4.19. The van der Waals surface area contributed by atoms with Crippen LogP contribution in [0.5, 0.6) is 5.75 Å². The van der Waals surface area contributed by atoms with E-state index in [0.29, 0.717) is 10.4 Å². The van der Waals surface area contributed by atoms with Crippen LogP contribution in [0.3, 0.4) is 0 Å². The lowest BCUT2D eigenvalue weighted by atomic mass is 10.1. The van der Waals surface area contributed by atoms with Crippen LogP contribution >= 0.6 is 43.2 Å². The Balaban J connectivity index is 2.37. The monoisotopic (exact) mass is 392 g/mol. The maximum absolute atomic E-state index is 13.5. The van der Waals surface area contributed by atoms with Gasteiger partial charge in [-0.05, 0) is 56.1 Å². The minimum Gasteiger partial charge on any atom is -0.494 e. The Morgan fingerprint density at radius 3 is 2.56 bits per heavy atom. The number of hydrogen-bond donors (Lipinski definition) is 0. The number of thiophene rings is 1. The third kappa shape index (κ3) is 2.65. The summed E-state index contributed by atoms with van der Waals surface area (Å²) in [4.78, 5) is 12.7. The summed E-state index contributed by atoms with van der Waals surface area (Å²) >= 11 is 7.93. The summed E-state index contributed by atoms with van der Waals surface area (Å²) in [6, 6.07) is 5.88. The molecule has 94 valence electrons. The molecule has 0 radical (unpaired) electrons. The summed E-state index contributed by atoms with van der Waals surface area (Å²) in [6.07, 6.45) is 0. The summed E-state index contributed by atoms with van der Waals surface area (Å²) in [5, 5.41) is 0. The molecule has 2 aromatic rings. The van der Waals surface area contributed by atoms with Gasteiger partial charge in [0, 0.05) is 10.0 Å². The van der Waals surface area contributed by atoms with Gasteiger partial charge in [-0.1, -0.05) is 0 Å². The minimum absolute atomic E-state index is 0.125. The van der Waals surface area contributed by atoms with E-state index >= 15 is 0 Å². The van der Waals surface area contributed by atoms with Crippen molar-refractivity contribution >= 4 is 49.0 Å². The first-order valence-electron chi connectivity index (χ1n) is 4.86. The van der Waals surface area contributed by atoms with Crippen molar-refractivity contribution in [3.63, 3.8) is 0 Å². The van der Waals surface area contributed by atoms with Crippen LogP contribution in [0.25, 0.3) is 0 Å². The number of halogens is 3. The van der Waals surface area contributed by atoms with Gasteiger partial charge in [-0.15, -0.1) is 11.3 Å². The molecule has 0 saturated carbocycles. The van der Waals surface area contributed by atoms with Gasteiger partial charge in [0.05, 0.1) is 15.8 Å². The fraction of sp³-hybridized carbons (Fsp3) is 0.0833. The quantitative estimate of drug-likeness (QED) is 0.709. The molecule has 2 rings (SSSR count). The lowest BCUT2D eigenvalue weighted by Crippen LogP contribution is -2.00. The Bertz CT molecular complexity index is 591. The molecule has 0 spiro atoms. The highest BCUT2D eigenvalue weighted by Gasteiger charge is 2.16. The molecule has 1 aromatic heterocycles. The fourth-order valence-corrected chi connectivity index (χ4v) is 3.41. The van der Waals surface area contributed by atoms with Crippen LogP contribution in [-0.4, -0.2) is 12.9 Å². The summed E-state index contributed by atoms with van der Waals surface area (Å²) < 4.78 is 20.0. The van der Waals surface area contributed by atoms with Crippen LogP contribution in [0.15, 0.2) is 32.5 Å². The van der Waals surface area contributed by atoms with Gasteiger partial charge in [-0.3, -0.25) is 4.79 Å². The van der Waals surface area contributed by atoms with E-state index in [2.05, 4.69) is 31.9 Å². The smallest absolute Gasteiger partial charge is 0.203 e. The molecular weight excluding hydrogens is 387 g/mol. The molecule has 2 nitrogen and oxygen atoms in total.